The van der Waals surface area contributed by atoms with E-state index in [1.807, 2.05) is 44.2 Å². The first-order chi connectivity index (χ1) is 12.1. The summed E-state index contributed by atoms with van der Waals surface area (Å²) in [4.78, 5) is 13.1. The second-order valence-electron chi connectivity index (χ2n) is 10.4. The van der Waals surface area contributed by atoms with E-state index >= 15 is 0 Å². The van der Waals surface area contributed by atoms with Crippen LogP contribution < -0.4 is 11.5 Å². The normalized spacial score (nSPS) is 17.9. The number of benzene rings is 1. The molecule has 0 aromatic heterocycles. The first-order valence-corrected chi connectivity index (χ1v) is 9.94. The molecule has 4 nitrogen and oxygen atoms in total. The number of hydrogen-bond acceptors (Lipinski definition) is 4. The monoisotopic (exact) mass is 376 g/mol. The third-order valence-electron chi connectivity index (χ3n) is 6.11. The third-order valence-corrected chi connectivity index (χ3v) is 6.11. The van der Waals surface area contributed by atoms with Gasteiger partial charge in [-0.05, 0) is 34.7 Å². The van der Waals surface area contributed by atoms with Crippen LogP contribution >= 0.6 is 0 Å². The lowest BCUT2D eigenvalue weighted by molar-refractivity contribution is -0.127. The fourth-order valence-corrected chi connectivity index (χ4v) is 3.56. The third kappa shape index (κ3) is 6.13. The van der Waals surface area contributed by atoms with E-state index in [-0.39, 0.29) is 40.8 Å². The van der Waals surface area contributed by atoms with Crippen LogP contribution in [-0.4, -0.2) is 22.7 Å². The fourth-order valence-electron chi connectivity index (χ4n) is 3.56. The summed E-state index contributed by atoms with van der Waals surface area (Å²) >= 11 is 0. The SMILES string of the molecule is CC(C(=O)C(N)(N)CC(C(O)C(C)C(C)(C)C)C(C)(C)C)c1ccccc1. The second kappa shape index (κ2) is 8.42. The topological polar surface area (TPSA) is 89.3 Å². The van der Waals surface area contributed by atoms with Crippen LogP contribution in [0.2, 0.25) is 0 Å². The lowest BCUT2D eigenvalue weighted by Crippen LogP contribution is -2.61. The van der Waals surface area contributed by atoms with Gasteiger partial charge in [0.15, 0.2) is 5.78 Å². The molecular formula is C23H40N2O2. The molecule has 4 unspecified atom stereocenters. The van der Waals surface area contributed by atoms with Gasteiger partial charge in [0.1, 0.15) is 5.66 Å². The number of carbonyl (C=O) groups is 1. The summed E-state index contributed by atoms with van der Waals surface area (Å²) in [5, 5.41) is 11.1. The van der Waals surface area contributed by atoms with Gasteiger partial charge in [0, 0.05) is 5.92 Å². The predicted octanol–water partition coefficient (Wildman–Crippen LogP) is 4.07. The molecule has 0 saturated heterocycles. The van der Waals surface area contributed by atoms with E-state index < -0.39 is 11.8 Å². The minimum Gasteiger partial charge on any atom is -0.393 e. The first kappa shape index (κ1) is 23.8. The minimum absolute atomic E-state index is 0.0409. The fraction of sp³-hybridized carbons (Fsp3) is 0.696. The lowest BCUT2D eigenvalue weighted by atomic mass is 9.65. The molecule has 4 heteroatoms. The Bertz CT molecular complexity index is 612. The van der Waals surface area contributed by atoms with Crippen molar-refractivity contribution in [1.29, 1.82) is 0 Å². The zero-order valence-corrected chi connectivity index (χ0v) is 18.4. The van der Waals surface area contributed by atoms with E-state index in [2.05, 4.69) is 41.5 Å². The van der Waals surface area contributed by atoms with Crippen LogP contribution in [0.25, 0.3) is 0 Å². The van der Waals surface area contributed by atoms with Crippen molar-refractivity contribution in [1.82, 2.24) is 0 Å². The maximum atomic E-state index is 13.1. The molecule has 0 heterocycles. The highest BCUT2D eigenvalue weighted by atomic mass is 16.3. The summed E-state index contributed by atoms with van der Waals surface area (Å²) in [6.07, 6.45) is -0.357. The van der Waals surface area contributed by atoms with Crippen molar-refractivity contribution in [2.75, 3.05) is 0 Å². The van der Waals surface area contributed by atoms with E-state index in [1.165, 1.54) is 0 Å². The largest absolute Gasteiger partial charge is 0.393 e. The van der Waals surface area contributed by atoms with Crippen LogP contribution in [0.5, 0.6) is 0 Å². The maximum Gasteiger partial charge on any atom is 0.174 e. The molecule has 0 aliphatic carbocycles. The van der Waals surface area contributed by atoms with E-state index in [9.17, 15) is 9.90 Å². The van der Waals surface area contributed by atoms with Crippen molar-refractivity contribution >= 4 is 5.78 Å². The molecule has 0 bridgehead atoms. The van der Waals surface area contributed by atoms with Gasteiger partial charge in [0.25, 0.3) is 0 Å². The smallest absolute Gasteiger partial charge is 0.174 e. The van der Waals surface area contributed by atoms with Crippen LogP contribution in [0.4, 0.5) is 0 Å². The van der Waals surface area contributed by atoms with Crippen LogP contribution in [-0.2, 0) is 4.79 Å². The van der Waals surface area contributed by atoms with Crippen molar-refractivity contribution in [3.8, 4) is 0 Å². The molecular weight excluding hydrogens is 336 g/mol. The molecule has 0 aliphatic heterocycles. The lowest BCUT2D eigenvalue weighted by Gasteiger charge is -2.44. The van der Waals surface area contributed by atoms with Crippen LogP contribution in [0.15, 0.2) is 30.3 Å². The van der Waals surface area contributed by atoms with E-state index in [0.717, 1.165) is 5.56 Å². The molecule has 5 N–H and O–H groups in total. The number of rotatable bonds is 7. The van der Waals surface area contributed by atoms with Crippen LogP contribution in [0.3, 0.4) is 0 Å². The molecule has 27 heavy (non-hydrogen) atoms. The van der Waals surface area contributed by atoms with Gasteiger partial charge < -0.3 is 16.6 Å². The van der Waals surface area contributed by atoms with Gasteiger partial charge in [-0.25, -0.2) is 0 Å². The quantitative estimate of drug-likeness (QED) is 0.626. The van der Waals surface area contributed by atoms with Gasteiger partial charge in [0.2, 0.25) is 0 Å². The second-order valence-corrected chi connectivity index (χ2v) is 10.4. The summed E-state index contributed by atoms with van der Waals surface area (Å²) in [6, 6.07) is 9.55. The number of aliphatic hydroxyl groups is 1. The Hall–Kier alpha value is -1.23. The van der Waals surface area contributed by atoms with E-state index in [0.29, 0.717) is 0 Å². The number of Topliss-reactive ketones (excluding diaryl/α,β-unsaturated/α-hetero) is 1. The molecule has 0 amide bonds. The van der Waals surface area contributed by atoms with Crippen LogP contribution in [0, 0.1) is 22.7 Å². The summed E-state index contributed by atoms with van der Waals surface area (Å²) in [6.45, 7) is 16.4. The summed E-state index contributed by atoms with van der Waals surface area (Å²) in [5.74, 6) is -0.745. The average molecular weight is 377 g/mol. The van der Waals surface area contributed by atoms with Crippen molar-refractivity contribution in [2.45, 2.75) is 79.5 Å². The molecule has 1 aromatic carbocycles. The van der Waals surface area contributed by atoms with Gasteiger partial charge in [0.05, 0.1) is 6.10 Å². The predicted molar refractivity (Wildman–Crippen MR) is 113 cm³/mol. The Balaban J connectivity index is 3.10. The molecule has 1 aromatic rings. The van der Waals surface area contributed by atoms with Gasteiger partial charge in [-0.15, -0.1) is 0 Å². The number of nitrogens with two attached hydrogens (primary N) is 2. The van der Waals surface area contributed by atoms with Crippen molar-refractivity contribution in [3.05, 3.63) is 35.9 Å². The number of ketones is 1. The Kier molecular flexibility index (Phi) is 7.42. The molecule has 1 rings (SSSR count). The molecule has 0 fully saturated rings. The van der Waals surface area contributed by atoms with Gasteiger partial charge in [-0.2, -0.15) is 0 Å². The van der Waals surface area contributed by atoms with Gasteiger partial charge >= 0.3 is 0 Å². The Morgan fingerprint density at radius 1 is 0.963 bits per heavy atom. The highest BCUT2D eigenvalue weighted by Crippen LogP contribution is 2.41. The molecule has 0 radical (unpaired) electrons. The number of hydrogen-bond donors (Lipinski definition) is 3. The molecule has 0 spiro atoms. The molecule has 4 atom stereocenters. The van der Waals surface area contributed by atoms with Gasteiger partial charge in [-0.1, -0.05) is 85.7 Å². The average Bonchev–Trinajstić information content (AvgIpc) is 2.56. The summed E-state index contributed by atoms with van der Waals surface area (Å²) in [7, 11) is 0. The molecule has 154 valence electrons. The standard InChI is InChI=1S/C23H40N2O2/c1-15(17-12-10-9-11-13-17)20(27)23(24,25)14-18(22(6,7)8)19(26)16(2)21(3,4)5/h9-13,15-16,18-19,26H,14,24-25H2,1-8H3. The Morgan fingerprint density at radius 2 is 1.44 bits per heavy atom. The highest BCUT2D eigenvalue weighted by molar-refractivity contribution is 5.93. The van der Waals surface area contributed by atoms with Crippen molar-refractivity contribution in [3.63, 3.8) is 0 Å². The van der Waals surface area contributed by atoms with Crippen LogP contribution in [0.1, 0.15) is 73.3 Å². The van der Waals surface area contributed by atoms with E-state index in [1.54, 1.807) is 0 Å². The first-order valence-electron chi connectivity index (χ1n) is 9.94. The maximum absolute atomic E-state index is 13.1. The Labute approximate surface area is 165 Å². The zero-order valence-electron chi connectivity index (χ0n) is 18.4. The summed E-state index contributed by atoms with van der Waals surface area (Å²) < 4.78 is 0. The number of aliphatic hydroxyl groups excluding tert-OH is 1. The molecule has 0 saturated carbocycles. The summed E-state index contributed by atoms with van der Waals surface area (Å²) in [5.41, 5.74) is 11.8. The highest BCUT2D eigenvalue weighted by Gasteiger charge is 2.44. The minimum atomic E-state index is -1.49. The zero-order chi connectivity index (χ0) is 21.2. The van der Waals surface area contributed by atoms with Crippen molar-refractivity contribution < 1.29 is 9.90 Å². The number of carbonyl (C=O) groups excluding carboxylic acids is 1. The van der Waals surface area contributed by atoms with E-state index in [4.69, 9.17) is 11.5 Å². The molecule has 0 aliphatic rings. The Morgan fingerprint density at radius 3 is 1.85 bits per heavy atom. The van der Waals surface area contributed by atoms with Gasteiger partial charge in [-0.3, -0.25) is 4.79 Å². The van der Waals surface area contributed by atoms with Crippen molar-refractivity contribution in [2.24, 2.45) is 34.1 Å².